The fourth-order valence-electron chi connectivity index (χ4n) is 3.73. The van der Waals surface area contributed by atoms with Crippen molar-refractivity contribution in [2.24, 2.45) is 0 Å². The summed E-state index contributed by atoms with van der Waals surface area (Å²) >= 11 is 0. The van der Waals surface area contributed by atoms with Crippen LogP contribution in [0.4, 0.5) is 4.39 Å². The smallest absolute Gasteiger partial charge is 0.343 e. The number of para-hydroxylation sites is 1. The van der Waals surface area contributed by atoms with E-state index in [2.05, 4.69) is 4.98 Å². The number of rotatable bonds is 5. The van der Waals surface area contributed by atoms with Crippen LogP contribution in [0.15, 0.2) is 67.0 Å². The third kappa shape index (κ3) is 4.40. The minimum Gasteiger partial charge on any atom is -0.507 e. The van der Waals surface area contributed by atoms with Crippen molar-refractivity contribution in [3.8, 4) is 11.5 Å². The van der Waals surface area contributed by atoms with Gasteiger partial charge in [0.25, 0.3) is 0 Å². The third-order valence-electron chi connectivity index (χ3n) is 5.36. The number of pyridine rings is 1. The Balaban J connectivity index is 1.68. The molecule has 1 heterocycles. The predicted molar refractivity (Wildman–Crippen MR) is 118 cm³/mol. The molecule has 5 heteroatoms. The number of phenolic OH excluding ortho intramolecular Hbond substituents is 1. The van der Waals surface area contributed by atoms with E-state index in [0.29, 0.717) is 24.2 Å². The van der Waals surface area contributed by atoms with Crippen molar-refractivity contribution < 1.29 is 19.0 Å². The zero-order valence-corrected chi connectivity index (χ0v) is 17.4. The topological polar surface area (TPSA) is 59.4 Å². The molecular weight excluding hydrogens is 393 g/mol. The number of nitrogens with zero attached hydrogens (tertiary/aromatic N) is 1. The normalized spacial score (nSPS) is 10.9. The predicted octanol–water partition coefficient (Wildman–Crippen LogP) is 5.70. The first-order valence-corrected chi connectivity index (χ1v) is 10.0. The van der Waals surface area contributed by atoms with Crippen LogP contribution in [0.5, 0.6) is 11.5 Å². The highest BCUT2D eigenvalue weighted by atomic mass is 19.1. The van der Waals surface area contributed by atoms with Crippen molar-refractivity contribution in [2.45, 2.75) is 26.7 Å². The standard InChI is InChI=1S/C26H22FNO3/c1-16-11-18(12-17(2)25(16)29)7-8-20-13-21-15-28-10-9-19(21)14-22(20)26(30)31-24-6-4-3-5-23(24)27/h3-6,9-15,29H,7-8H2,1-2H3. The van der Waals surface area contributed by atoms with E-state index in [0.717, 1.165) is 33.0 Å². The summed E-state index contributed by atoms with van der Waals surface area (Å²) in [6.45, 7) is 3.73. The molecule has 0 aliphatic rings. The first-order chi connectivity index (χ1) is 14.9. The van der Waals surface area contributed by atoms with Crippen LogP contribution in [0.2, 0.25) is 0 Å². The molecule has 0 saturated heterocycles. The van der Waals surface area contributed by atoms with Crippen molar-refractivity contribution in [3.63, 3.8) is 0 Å². The van der Waals surface area contributed by atoms with Gasteiger partial charge in [0.1, 0.15) is 5.75 Å². The SMILES string of the molecule is Cc1cc(CCc2cc3cnccc3cc2C(=O)Oc2ccccc2F)cc(C)c1O. The number of carbonyl (C=O) groups is 1. The van der Waals surface area contributed by atoms with E-state index in [1.165, 1.54) is 12.1 Å². The van der Waals surface area contributed by atoms with Gasteiger partial charge < -0.3 is 9.84 Å². The number of aromatic nitrogens is 1. The van der Waals surface area contributed by atoms with E-state index in [1.807, 2.05) is 38.1 Å². The Bertz CT molecular complexity index is 1260. The molecule has 0 radical (unpaired) electrons. The first kappa shape index (κ1) is 20.5. The highest BCUT2D eigenvalue weighted by Gasteiger charge is 2.17. The summed E-state index contributed by atoms with van der Waals surface area (Å²) < 4.78 is 19.4. The van der Waals surface area contributed by atoms with Crippen molar-refractivity contribution >= 4 is 16.7 Å². The van der Waals surface area contributed by atoms with Crippen LogP contribution in [-0.4, -0.2) is 16.1 Å². The third-order valence-corrected chi connectivity index (χ3v) is 5.36. The highest BCUT2D eigenvalue weighted by molar-refractivity contribution is 5.98. The lowest BCUT2D eigenvalue weighted by Gasteiger charge is -2.13. The molecule has 156 valence electrons. The number of hydrogen-bond acceptors (Lipinski definition) is 4. The maximum atomic E-state index is 14.0. The monoisotopic (exact) mass is 415 g/mol. The summed E-state index contributed by atoms with van der Waals surface area (Å²) in [6.07, 6.45) is 4.67. The maximum absolute atomic E-state index is 14.0. The Kier molecular flexibility index (Phi) is 5.67. The quantitative estimate of drug-likeness (QED) is 0.335. The van der Waals surface area contributed by atoms with E-state index in [9.17, 15) is 14.3 Å². The van der Waals surface area contributed by atoms with Crippen molar-refractivity contribution in [1.29, 1.82) is 0 Å². The van der Waals surface area contributed by atoms with E-state index < -0.39 is 11.8 Å². The van der Waals surface area contributed by atoms with E-state index in [-0.39, 0.29) is 5.75 Å². The molecule has 0 aliphatic heterocycles. The second-order valence-electron chi connectivity index (χ2n) is 7.63. The van der Waals surface area contributed by atoms with Crippen LogP contribution in [0.1, 0.15) is 32.6 Å². The largest absolute Gasteiger partial charge is 0.507 e. The summed E-state index contributed by atoms with van der Waals surface area (Å²) in [5.41, 5.74) is 3.89. The minimum absolute atomic E-state index is 0.0990. The van der Waals surface area contributed by atoms with Crippen molar-refractivity contribution in [2.75, 3.05) is 0 Å². The van der Waals surface area contributed by atoms with Gasteiger partial charge in [0, 0.05) is 17.8 Å². The summed E-state index contributed by atoms with van der Waals surface area (Å²) in [5, 5.41) is 11.8. The number of aromatic hydroxyl groups is 1. The Hall–Kier alpha value is -3.73. The molecule has 0 atom stereocenters. The van der Waals surface area contributed by atoms with Gasteiger partial charge in [0.05, 0.1) is 5.56 Å². The molecule has 4 rings (SSSR count). The molecule has 0 spiro atoms. The number of phenols is 1. The second-order valence-corrected chi connectivity index (χ2v) is 7.63. The summed E-state index contributed by atoms with van der Waals surface area (Å²) in [5.74, 6) is -0.984. The van der Waals surface area contributed by atoms with Crippen molar-refractivity contribution in [3.05, 3.63) is 101 Å². The van der Waals surface area contributed by atoms with E-state index in [4.69, 9.17) is 4.74 Å². The van der Waals surface area contributed by atoms with Gasteiger partial charge >= 0.3 is 5.97 Å². The zero-order valence-electron chi connectivity index (χ0n) is 17.4. The maximum Gasteiger partial charge on any atom is 0.343 e. The van der Waals surface area contributed by atoms with Gasteiger partial charge in [-0.05, 0) is 84.7 Å². The van der Waals surface area contributed by atoms with Gasteiger partial charge in [-0.1, -0.05) is 24.3 Å². The van der Waals surface area contributed by atoms with Crippen LogP contribution in [0.3, 0.4) is 0 Å². The molecule has 0 bridgehead atoms. The Labute approximate surface area is 180 Å². The number of esters is 1. The lowest BCUT2D eigenvalue weighted by Crippen LogP contribution is -2.13. The molecule has 0 saturated carbocycles. The summed E-state index contributed by atoms with van der Waals surface area (Å²) in [6, 6.07) is 15.3. The number of fused-ring (bicyclic) bond motifs is 1. The van der Waals surface area contributed by atoms with Crippen LogP contribution >= 0.6 is 0 Å². The zero-order chi connectivity index (χ0) is 22.0. The van der Waals surface area contributed by atoms with Gasteiger partial charge in [0.2, 0.25) is 0 Å². The summed E-state index contributed by atoms with van der Waals surface area (Å²) in [4.78, 5) is 17.1. The Morgan fingerprint density at radius 1 is 1.00 bits per heavy atom. The van der Waals surface area contributed by atoms with Crippen LogP contribution in [-0.2, 0) is 12.8 Å². The number of aryl methyl sites for hydroxylation is 4. The van der Waals surface area contributed by atoms with Crippen molar-refractivity contribution in [1.82, 2.24) is 4.98 Å². The van der Waals surface area contributed by atoms with Crippen LogP contribution < -0.4 is 4.74 Å². The fraction of sp³-hybridized carbons (Fsp3) is 0.154. The molecule has 0 amide bonds. The average Bonchev–Trinajstić information content (AvgIpc) is 2.76. The van der Waals surface area contributed by atoms with Gasteiger partial charge in [-0.3, -0.25) is 4.98 Å². The Morgan fingerprint density at radius 2 is 1.74 bits per heavy atom. The highest BCUT2D eigenvalue weighted by Crippen LogP contribution is 2.26. The fourth-order valence-corrected chi connectivity index (χ4v) is 3.73. The lowest BCUT2D eigenvalue weighted by molar-refractivity contribution is 0.0727. The molecule has 0 aliphatic carbocycles. The first-order valence-electron chi connectivity index (χ1n) is 10.0. The molecule has 0 unspecified atom stereocenters. The lowest BCUT2D eigenvalue weighted by atomic mass is 9.95. The molecule has 3 aromatic carbocycles. The number of ether oxygens (including phenoxy) is 1. The number of halogens is 1. The molecule has 4 nitrogen and oxygen atoms in total. The molecule has 31 heavy (non-hydrogen) atoms. The molecule has 1 N–H and O–H groups in total. The second kappa shape index (κ2) is 8.56. The number of hydrogen-bond donors (Lipinski definition) is 1. The molecule has 0 fully saturated rings. The minimum atomic E-state index is -0.600. The van der Waals surface area contributed by atoms with Gasteiger partial charge in [0.15, 0.2) is 11.6 Å². The molecule has 1 aromatic heterocycles. The van der Waals surface area contributed by atoms with Gasteiger partial charge in [-0.15, -0.1) is 0 Å². The van der Waals surface area contributed by atoms with Gasteiger partial charge in [-0.25, -0.2) is 9.18 Å². The van der Waals surface area contributed by atoms with Gasteiger partial charge in [-0.2, -0.15) is 0 Å². The average molecular weight is 415 g/mol. The van der Waals surface area contributed by atoms with Crippen LogP contribution in [0, 0.1) is 19.7 Å². The number of carbonyl (C=O) groups excluding carboxylic acids is 1. The number of benzene rings is 3. The molecular formula is C26H22FNO3. The van der Waals surface area contributed by atoms with Crippen LogP contribution in [0.25, 0.3) is 10.8 Å². The van der Waals surface area contributed by atoms with E-state index >= 15 is 0 Å². The Morgan fingerprint density at radius 3 is 2.48 bits per heavy atom. The molecule has 4 aromatic rings. The van der Waals surface area contributed by atoms with E-state index in [1.54, 1.807) is 30.6 Å². The summed E-state index contributed by atoms with van der Waals surface area (Å²) in [7, 11) is 0.